The highest BCUT2D eigenvalue weighted by atomic mass is 19.1. The van der Waals surface area contributed by atoms with Gasteiger partial charge < -0.3 is 14.8 Å². The standard InChI is InChI=1S/C30H24F2N4O7/c1-16(37)33-12-19-13-34(29(40)42-19)17-6-8-21(25(31)10-17)22-9-7-18(11-26(22)32)35-14-20(43-30(35)41)15-36-27(38)23-4-2-3-5-24(23)28(36)39/h2-11,19-20H,12-15H2,1H3,(H,33,37)/t19-,20-/m1/s1. The number of hydrogen-bond acceptors (Lipinski definition) is 7. The van der Waals surface area contributed by atoms with E-state index in [0.717, 1.165) is 17.0 Å². The van der Waals surface area contributed by atoms with Crippen molar-refractivity contribution in [2.45, 2.75) is 19.1 Å². The molecular weight excluding hydrogens is 566 g/mol. The van der Waals surface area contributed by atoms with E-state index in [-0.39, 0.29) is 65.7 Å². The minimum absolute atomic E-state index is 0.0387. The number of benzene rings is 3. The number of ether oxygens (including phenoxy) is 2. The third-order valence-electron chi connectivity index (χ3n) is 7.41. The molecule has 3 aromatic rings. The molecule has 6 rings (SSSR count). The normalized spacial score (nSPS) is 19.6. The van der Waals surface area contributed by atoms with Gasteiger partial charge in [-0.25, -0.2) is 18.4 Å². The molecule has 2 saturated heterocycles. The van der Waals surface area contributed by atoms with Crippen LogP contribution in [0.5, 0.6) is 0 Å². The fourth-order valence-electron chi connectivity index (χ4n) is 5.31. The van der Waals surface area contributed by atoms with E-state index in [1.165, 1.54) is 41.0 Å². The SMILES string of the molecule is CC(=O)NC[C@@H]1CN(c2ccc(-c3ccc(N4C[C@H](CN5C(=O)c6ccccc6C5=O)OC4=O)cc3F)c(F)c2)C(=O)O1. The molecule has 3 aliphatic heterocycles. The van der Waals surface area contributed by atoms with Crippen LogP contribution in [0.25, 0.3) is 11.1 Å². The minimum Gasteiger partial charge on any atom is -0.442 e. The van der Waals surface area contributed by atoms with Crippen LogP contribution in [0.15, 0.2) is 60.7 Å². The topological polar surface area (TPSA) is 126 Å². The first-order valence-electron chi connectivity index (χ1n) is 13.4. The summed E-state index contributed by atoms with van der Waals surface area (Å²) in [6.07, 6.45) is -2.92. The molecule has 0 unspecified atom stereocenters. The summed E-state index contributed by atoms with van der Waals surface area (Å²) in [4.78, 5) is 64.8. The molecule has 0 aromatic heterocycles. The van der Waals surface area contributed by atoms with Gasteiger partial charge in [0.05, 0.1) is 48.7 Å². The highest BCUT2D eigenvalue weighted by Gasteiger charge is 2.41. The Morgan fingerprint density at radius 3 is 1.74 bits per heavy atom. The summed E-state index contributed by atoms with van der Waals surface area (Å²) in [6, 6.07) is 14.1. The maximum absolute atomic E-state index is 15.3. The number of rotatable bonds is 7. The van der Waals surface area contributed by atoms with E-state index in [1.807, 2.05) is 0 Å². The Morgan fingerprint density at radius 1 is 0.767 bits per heavy atom. The molecule has 3 aliphatic rings. The number of amides is 5. The van der Waals surface area contributed by atoms with E-state index in [2.05, 4.69) is 5.32 Å². The molecule has 0 spiro atoms. The summed E-state index contributed by atoms with van der Waals surface area (Å²) in [7, 11) is 0. The van der Waals surface area contributed by atoms with E-state index < -0.39 is 47.8 Å². The van der Waals surface area contributed by atoms with Crippen molar-refractivity contribution in [2.75, 3.05) is 36.0 Å². The zero-order valence-corrected chi connectivity index (χ0v) is 22.7. The van der Waals surface area contributed by atoms with Crippen LogP contribution in [-0.4, -0.2) is 73.2 Å². The number of anilines is 2. The number of carbonyl (C=O) groups excluding carboxylic acids is 5. The van der Waals surface area contributed by atoms with E-state index >= 15 is 8.78 Å². The van der Waals surface area contributed by atoms with Gasteiger partial charge in [0.25, 0.3) is 11.8 Å². The second-order valence-corrected chi connectivity index (χ2v) is 10.3. The van der Waals surface area contributed by atoms with Crippen molar-refractivity contribution in [2.24, 2.45) is 0 Å². The quantitative estimate of drug-likeness (QED) is 0.416. The number of hydrogen-bond donors (Lipinski definition) is 1. The van der Waals surface area contributed by atoms with Crippen LogP contribution in [0, 0.1) is 11.6 Å². The molecule has 43 heavy (non-hydrogen) atoms. The number of carbonyl (C=O) groups is 5. The molecule has 0 bridgehead atoms. The van der Waals surface area contributed by atoms with Crippen molar-refractivity contribution in [3.8, 4) is 11.1 Å². The van der Waals surface area contributed by atoms with E-state index in [4.69, 9.17) is 9.47 Å². The van der Waals surface area contributed by atoms with Gasteiger partial charge in [0.1, 0.15) is 23.8 Å². The van der Waals surface area contributed by atoms with Crippen LogP contribution in [0.2, 0.25) is 0 Å². The number of imide groups is 1. The monoisotopic (exact) mass is 590 g/mol. The average Bonchev–Trinajstić information content (AvgIpc) is 3.62. The van der Waals surface area contributed by atoms with Gasteiger partial charge >= 0.3 is 12.2 Å². The number of fused-ring (bicyclic) bond motifs is 1. The molecule has 13 heteroatoms. The first kappa shape index (κ1) is 27.8. The first-order valence-corrected chi connectivity index (χ1v) is 13.4. The van der Waals surface area contributed by atoms with Crippen molar-refractivity contribution in [3.63, 3.8) is 0 Å². The summed E-state index contributed by atoms with van der Waals surface area (Å²) in [6.45, 7) is 1.35. The van der Waals surface area contributed by atoms with Crippen LogP contribution in [0.1, 0.15) is 27.6 Å². The van der Waals surface area contributed by atoms with Crippen LogP contribution in [0.3, 0.4) is 0 Å². The lowest BCUT2D eigenvalue weighted by Crippen LogP contribution is -2.38. The molecular formula is C30H24F2N4O7. The van der Waals surface area contributed by atoms with E-state index in [1.54, 1.807) is 24.3 Å². The molecule has 3 aromatic carbocycles. The molecule has 11 nitrogen and oxygen atoms in total. The largest absolute Gasteiger partial charge is 0.442 e. The Balaban J connectivity index is 1.14. The summed E-state index contributed by atoms with van der Waals surface area (Å²) in [5.41, 5.74) is 0.769. The third kappa shape index (κ3) is 5.13. The minimum atomic E-state index is -0.836. The maximum atomic E-state index is 15.3. The van der Waals surface area contributed by atoms with Crippen molar-refractivity contribution in [1.82, 2.24) is 10.2 Å². The third-order valence-corrected chi connectivity index (χ3v) is 7.41. The second-order valence-electron chi connectivity index (χ2n) is 10.3. The summed E-state index contributed by atoms with van der Waals surface area (Å²) in [5, 5.41) is 2.56. The maximum Gasteiger partial charge on any atom is 0.414 e. The molecule has 1 N–H and O–H groups in total. The molecule has 2 atom stereocenters. The summed E-state index contributed by atoms with van der Waals surface area (Å²) in [5.74, 6) is -2.84. The lowest BCUT2D eigenvalue weighted by Gasteiger charge is -2.18. The molecule has 2 fully saturated rings. The fourth-order valence-corrected chi connectivity index (χ4v) is 5.31. The average molecular weight is 591 g/mol. The predicted octanol–water partition coefficient (Wildman–Crippen LogP) is 3.71. The van der Waals surface area contributed by atoms with Gasteiger partial charge in [-0.2, -0.15) is 0 Å². The molecule has 0 aliphatic carbocycles. The molecule has 5 amide bonds. The highest BCUT2D eigenvalue weighted by molar-refractivity contribution is 6.21. The first-order chi connectivity index (χ1) is 20.6. The smallest absolute Gasteiger partial charge is 0.414 e. The van der Waals surface area contributed by atoms with Crippen molar-refractivity contribution < 1.29 is 42.2 Å². The van der Waals surface area contributed by atoms with Gasteiger partial charge in [-0.1, -0.05) is 12.1 Å². The molecule has 0 radical (unpaired) electrons. The molecule has 0 saturated carbocycles. The summed E-state index contributed by atoms with van der Waals surface area (Å²) >= 11 is 0. The van der Waals surface area contributed by atoms with Crippen LogP contribution >= 0.6 is 0 Å². The van der Waals surface area contributed by atoms with Crippen LogP contribution < -0.4 is 15.1 Å². The van der Waals surface area contributed by atoms with Crippen molar-refractivity contribution >= 4 is 41.3 Å². The van der Waals surface area contributed by atoms with Gasteiger partial charge in [0, 0.05) is 18.1 Å². The summed E-state index contributed by atoms with van der Waals surface area (Å²) < 4.78 is 41.0. The van der Waals surface area contributed by atoms with Gasteiger partial charge in [-0.15, -0.1) is 0 Å². The Bertz CT molecular complexity index is 1660. The van der Waals surface area contributed by atoms with E-state index in [9.17, 15) is 24.0 Å². The molecule has 3 heterocycles. The second kappa shape index (κ2) is 10.8. The number of halogens is 2. The van der Waals surface area contributed by atoms with Gasteiger partial charge in [-0.3, -0.25) is 29.1 Å². The van der Waals surface area contributed by atoms with E-state index in [0.29, 0.717) is 0 Å². The highest BCUT2D eigenvalue weighted by Crippen LogP contribution is 2.33. The molecule has 220 valence electrons. The van der Waals surface area contributed by atoms with Crippen molar-refractivity contribution in [1.29, 1.82) is 0 Å². The Morgan fingerprint density at radius 2 is 1.26 bits per heavy atom. The number of cyclic esters (lactones) is 2. The number of nitrogens with zero attached hydrogens (tertiary/aromatic N) is 3. The van der Waals surface area contributed by atoms with Crippen LogP contribution in [-0.2, 0) is 14.3 Å². The Kier molecular flexibility index (Phi) is 7.00. The lowest BCUT2D eigenvalue weighted by molar-refractivity contribution is -0.119. The van der Waals surface area contributed by atoms with Crippen molar-refractivity contribution in [3.05, 3.63) is 83.4 Å². The zero-order chi connectivity index (χ0) is 30.4. The Hall–Kier alpha value is -5.33. The zero-order valence-electron chi connectivity index (χ0n) is 22.7. The van der Waals surface area contributed by atoms with Gasteiger partial charge in [0.15, 0.2) is 0 Å². The predicted molar refractivity (Wildman–Crippen MR) is 148 cm³/mol. The van der Waals surface area contributed by atoms with Gasteiger partial charge in [0.2, 0.25) is 5.91 Å². The van der Waals surface area contributed by atoms with Gasteiger partial charge in [-0.05, 0) is 48.5 Å². The van der Waals surface area contributed by atoms with Crippen LogP contribution in [0.4, 0.5) is 29.7 Å². The Labute approximate surface area is 243 Å². The fraction of sp³-hybridized carbons (Fsp3) is 0.233. The lowest BCUT2D eigenvalue weighted by atomic mass is 10.0. The number of nitrogens with one attached hydrogen (secondary N) is 1.